The van der Waals surface area contributed by atoms with Crippen LogP contribution in [0.2, 0.25) is 0 Å². The average Bonchev–Trinajstić information content (AvgIpc) is 2.64. The Labute approximate surface area is 174 Å². The molecule has 2 aromatic rings. The first-order chi connectivity index (χ1) is 12.4. The van der Waals surface area contributed by atoms with Gasteiger partial charge in [0, 0.05) is 19.2 Å². The second kappa shape index (κ2) is 11.0. The van der Waals surface area contributed by atoms with Crippen molar-refractivity contribution in [2.75, 3.05) is 13.7 Å². The predicted molar refractivity (Wildman–Crippen MR) is 112 cm³/mol. The summed E-state index contributed by atoms with van der Waals surface area (Å²) in [5.41, 5.74) is 1.72. The summed E-state index contributed by atoms with van der Waals surface area (Å²) in [6.45, 7) is 0.972. The largest absolute Gasteiger partial charge is 0.484 e. The van der Waals surface area contributed by atoms with Gasteiger partial charge in [0.25, 0.3) is 0 Å². The first-order valence-corrected chi connectivity index (χ1v) is 8.18. The topological polar surface area (TPSA) is 45.7 Å². The van der Waals surface area contributed by atoms with Crippen molar-refractivity contribution in [3.63, 3.8) is 0 Å². The Bertz CT molecular complexity index is 724. The Morgan fingerprint density at radius 2 is 1.70 bits per heavy atom. The third-order valence-electron chi connectivity index (χ3n) is 3.69. The van der Waals surface area contributed by atoms with Crippen molar-refractivity contribution in [1.82, 2.24) is 10.6 Å². The van der Waals surface area contributed by atoms with E-state index in [0.29, 0.717) is 11.5 Å². The summed E-state index contributed by atoms with van der Waals surface area (Å²) >= 11 is 0. The molecule has 0 aliphatic heterocycles. The summed E-state index contributed by atoms with van der Waals surface area (Å²) < 4.78 is 42.0. The second-order valence-corrected chi connectivity index (χ2v) is 5.71. The number of ether oxygens (including phenoxy) is 1. The van der Waals surface area contributed by atoms with E-state index < -0.39 is 12.8 Å². The minimum absolute atomic E-state index is 0. The first kappa shape index (κ1) is 23.1. The number of hydrogen-bond acceptors (Lipinski definition) is 2. The number of hydrogen-bond donors (Lipinski definition) is 2. The average molecular weight is 493 g/mol. The smallest absolute Gasteiger partial charge is 0.422 e. The third kappa shape index (κ3) is 8.06. The van der Waals surface area contributed by atoms with Gasteiger partial charge in [0.1, 0.15) is 5.75 Å². The van der Waals surface area contributed by atoms with E-state index in [2.05, 4.69) is 15.6 Å². The van der Waals surface area contributed by atoms with E-state index in [1.165, 1.54) is 6.07 Å². The number of nitrogens with one attached hydrogen (secondary N) is 2. The molecule has 0 radical (unpaired) electrons. The van der Waals surface area contributed by atoms with Gasteiger partial charge in [-0.1, -0.05) is 48.5 Å². The van der Waals surface area contributed by atoms with Crippen molar-refractivity contribution in [3.8, 4) is 5.75 Å². The standard InChI is InChI=1S/C19H22F3N3O.HI/c1-14(15-8-4-3-5-9-15)25-18(23-2)24-12-16-10-6-7-11-17(16)26-13-19(20,21)22;/h3-11,14H,12-13H2,1-2H3,(H2,23,24,25);1H. The van der Waals surface area contributed by atoms with Gasteiger partial charge in [-0.25, -0.2) is 0 Å². The van der Waals surface area contributed by atoms with Gasteiger partial charge in [-0.15, -0.1) is 24.0 Å². The zero-order valence-electron chi connectivity index (χ0n) is 15.1. The van der Waals surface area contributed by atoms with Crippen molar-refractivity contribution in [2.24, 2.45) is 4.99 Å². The molecular weight excluding hydrogens is 470 g/mol. The van der Waals surface area contributed by atoms with E-state index in [4.69, 9.17) is 4.74 Å². The number of aliphatic imine (C=N–C) groups is 1. The molecule has 4 nitrogen and oxygen atoms in total. The first-order valence-electron chi connectivity index (χ1n) is 8.18. The van der Waals surface area contributed by atoms with Gasteiger partial charge in [-0.3, -0.25) is 4.99 Å². The van der Waals surface area contributed by atoms with Crippen molar-refractivity contribution < 1.29 is 17.9 Å². The van der Waals surface area contributed by atoms with E-state index in [-0.39, 0.29) is 42.3 Å². The molecule has 1 unspecified atom stereocenters. The molecule has 0 heterocycles. The maximum Gasteiger partial charge on any atom is 0.422 e. The molecule has 0 bridgehead atoms. The molecule has 0 spiro atoms. The molecule has 2 aromatic carbocycles. The minimum Gasteiger partial charge on any atom is -0.484 e. The monoisotopic (exact) mass is 493 g/mol. The predicted octanol–water partition coefficient (Wildman–Crippen LogP) is 4.67. The Morgan fingerprint density at radius 3 is 2.33 bits per heavy atom. The number of benzene rings is 2. The summed E-state index contributed by atoms with van der Waals surface area (Å²) in [6, 6.07) is 16.5. The van der Waals surface area contributed by atoms with Crippen LogP contribution < -0.4 is 15.4 Å². The summed E-state index contributed by atoms with van der Waals surface area (Å²) in [6.07, 6.45) is -4.37. The number of guanidine groups is 1. The Balaban J connectivity index is 0.00000364. The molecule has 0 saturated carbocycles. The molecule has 0 aliphatic rings. The van der Waals surface area contributed by atoms with E-state index in [9.17, 15) is 13.2 Å². The Hall–Kier alpha value is -1.97. The second-order valence-electron chi connectivity index (χ2n) is 5.71. The van der Waals surface area contributed by atoms with Crippen LogP contribution in [-0.2, 0) is 6.54 Å². The molecule has 0 saturated heterocycles. The SMILES string of the molecule is CN=C(NCc1ccccc1OCC(F)(F)F)NC(C)c1ccccc1.I. The zero-order chi connectivity index (χ0) is 19.0. The van der Waals surface area contributed by atoms with Crippen LogP contribution in [0.4, 0.5) is 13.2 Å². The summed E-state index contributed by atoms with van der Waals surface area (Å²) in [5.74, 6) is 0.746. The fraction of sp³-hybridized carbons (Fsp3) is 0.316. The van der Waals surface area contributed by atoms with Crippen molar-refractivity contribution in [2.45, 2.75) is 25.7 Å². The van der Waals surface area contributed by atoms with Crippen LogP contribution in [0.25, 0.3) is 0 Å². The van der Waals surface area contributed by atoms with Crippen LogP contribution in [0, 0.1) is 0 Å². The van der Waals surface area contributed by atoms with Gasteiger partial charge in [0.15, 0.2) is 12.6 Å². The van der Waals surface area contributed by atoms with Gasteiger partial charge in [-0.05, 0) is 18.6 Å². The van der Waals surface area contributed by atoms with Crippen LogP contribution in [0.5, 0.6) is 5.75 Å². The molecule has 2 rings (SSSR count). The van der Waals surface area contributed by atoms with Crippen molar-refractivity contribution in [3.05, 3.63) is 65.7 Å². The van der Waals surface area contributed by atoms with Gasteiger partial charge < -0.3 is 15.4 Å². The molecule has 0 amide bonds. The summed E-state index contributed by atoms with van der Waals surface area (Å²) in [4.78, 5) is 4.16. The van der Waals surface area contributed by atoms with Crippen LogP contribution in [0.3, 0.4) is 0 Å². The number of nitrogens with zero attached hydrogens (tertiary/aromatic N) is 1. The molecule has 0 aromatic heterocycles. The van der Waals surface area contributed by atoms with Crippen LogP contribution in [0.1, 0.15) is 24.1 Å². The molecule has 0 aliphatic carbocycles. The quantitative estimate of drug-likeness (QED) is 0.350. The molecule has 148 valence electrons. The summed E-state index contributed by atoms with van der Waals surface area (Å²) in [7, 11) is 1.64. The Morgan fingerprint density at radius 1 is 1.07 bits per heavy atom. The van der Waals surface area contributed by atoms with E-state index in [1.807, 2.05) is 37.3 Å². The van der Waals surface area contributed by atoms with Crippen LogP contribution in [-0.4, -0.2) is 25.8 Å². The lowest BCUT2D eigenvalue weighted by Gasteiger charge is -2.19. The molecule has 2 N–H and O–H groups in total. The van der Waals surface area contributed by atoms with Gasteiger partial charge in [0.05, 0.1) is 6.04 Å². The third-order valence-corrected chi connectivity index (χ3v) is 3.69. The highest BCUT2D eigenvalue weighted by Crippen LogP contribution is 2.22. The number of alkyl halides is 3. The zero-order valence-corrected chi connectivity index (χ0v) is 17.4. The molecular formula is C19H23F3IN3O. The van der Waals surface area contributed by atoms with Gasteiger partial charge in [0.2, 0.25) is 0 Å². The van der Waals surface area contributed by atoms with Gasteiger partial charge >= 0.3 is 6.18 Å². The van der Waals surface area contributed by atoms with Crippen LogP contribution in [0.15, 0.2) is 59.6 Å². The lowest BCUT2D eigenvalue weighted by molar-refractivity contribution is -0.153. The number of rotatable bonds is 6. The van der Waals surface area contributed by atoms with Crippen molar-refractivity contribution >= 4 is 29.9 Å². The number of halogens is 4. The lowest BCUT2D eigenvalue weighted by Crippen LogP contribution is -2.38. The molecule has 1 atom stereocenters. The highest BCUT2D eigenvalue weighted by atomic mass is 127. The maximum atomic E-state index is 12.4. The van der Waals surface area contributed by atoms with E-state index in [1.54, 1.807) is 25.2 Å². The minimum atomic E-state index is -4.37. The fourth-order valence-electron chi connectivity index (χ4n) is 2.35. The molecule has 27 heavy (non-hydrogen) atoms. The molecule has 8 heteroatoms. The van der Waals surface area contributed by atoms with E-state index in [0.717, 1.165) is 5.56 Å². The number of para-hydroxylation sites is 1. The Kier molecular flexibility index (Phi) is 9.40. The normalized spacial score (nSPS) is 12.7. The molecule has 0 fully saturated rings. The van der Waals surface area contributed by atoms with Crippen molar-refractivity contribution in [1.29, 1.82) is 0 Å². The van der Waals surface area contributed by atoms with Crippen LogP contribution >= 0.6 is 24.0 Å². The summed E-state index contributed by atoms with van der Waals surface area (Å²) in [5, 5.41) is 6.35. The highest BCUT2D eigenvalue weighted by Gasteiger charge is 2.28. The maximum absolute atomic E-state index is 12.4. The fourth-order valence-corrected chi connectivity index (χ4v) is 2.35. The lowest BCUT2D eigenvalue weighted by atomic mass is 10.1. The van der Waals surface area contributed by atoms with Gasteiger partial charge in [-0.2, -0.15) is 13.2 Å². The highest BCUT2D eigenvalue weighted by molar-refractivity contribution is 14.0. The van der Waals surface area contributed by atoms with E-state index >= 15 is 0 Å².